The molecule has 1 heterocycles. The van der Waals surface area contributed by atoms with Gasteiger partial charge in [-0.05, 0) is 37.6 Å². The summed E-state index contributed by atoms with van der Waals surface area (Å²) in [6.45, 7) is 9.15. The van der Waals surface area contributed by atoms with Crippen molar-refractivity contribution in [1.29, 1.82) is 0 Å². The van der Waals surface area contributed by atoms with Gasteiger partial charge >= 0.3 is 0 Å². The SMILES string of the molecule is CC.CC1CN(C)CC2CCCCC12. The number of piperidine rings is 1. The van der Waals surface area contributed by atoms with Crippen LogP contribution in [0.25, 0.3) is 0 Å². The molecule has 1 aliphatic carbocycles. The minimum absolute atomic E-state index is 0.953. The standard InChI is InChI=1S/C11H21N.C2H6/c1-9-7-12(2)8-10-5-3-4-6-11(9)10;1-2/h9-11H,3-8H2,1-2H3;1-2H3. The molecule has 0 amide bonds. The second-order valence-corrected chi connectivity index (χ2v) is 4.91. The van der Waals surface area contributed by atoms with Crippen LogP contribution in [0.3, 0.4) is 0 Å². The van der Waals surface area contributed by atoms with Crippen LogP contribution < -0.4 is 0 Å². The van der Waals surface area contributed by atoms with Gasteiger partial charge in [0.05, 0.1) is 0 Å². The molecule has 1 saturated heterocycles. The van der Waals surface area contributed by atoms with E-state index in [0.29, 0.717) is 0 Å². The number of hydrogen-bond donors (Lipinski definition) is 0. The van der Waals surface area contributed by atoms with Crippen molar-refractivity contribution in [2.24, 2.45) is 17.8 Å². The number of rotatable bonds is 0. The van der Waals surface area contributed by atoms with E-state index in [2.05, 4.69) is 18.9 Å². The lowest BCUT2D eigenvalue weighted by molar-refractivity contribution is 0.0564. The van der Waals surface area contributed by atoms with E-state index in [0.717, 1.165) is 17.8 Å². The van der Waals surface area contributed by atoms with Crippen molar-refractivity contribution in [3.63, 3.8) is 0 Å². The van der Waals surface area contributed by atoms with Crippen LogP contribution in [0, 0.1) is 17.8 Å². The third kappa shape index (κ3) is 2.73. The van der Waals surface area contributed by atoms with Gasteiger partial charge in [-0.15, -0.1) is 0 Å². The molecule has 0 aromatic heterocycles. The molecule has 0 radical (unpaired) electrons. The number of hydrogen-bond acceptors (Lipinski definition) is 1. The molecular formula is C13H27N. The fraction of sp³-hybridized carbons (Fsp3) is 1.00. The first kappa shape index (κ1) is 12.0. The summed E-state index contributed by atoms with van der Waals surface area (Å²) in [6.07, 6.45) is 6.00. The molecule has 2 fully saturated rings. The summed E-state index contributed by atoms with van der Waals surface area (Å²) in [5.41, 5.74) is 0. The maximum atomic E-state index is 2.52. The predicted molar refractivity (Wildman–Crippen MR) is 63.5 cm³/mol. The Balaban J connectivity index is 0.000000461. The van der Waals surface area contributed by atoms with Crippen LogP contribution >= 0.6 is 0 Å². The Morgan fingerprint density at radius 2 is 1.64 bits per heavy atom. The van der Waals surface area contributed by atoms with Crippen molar-refractivity contribution in [1.82, 2.24) is 4.90 Å². The summed E-state index contributed by atoms with van der Waals surface area (Å²) < 4.78 is 0. The highest BCUT2D eigenvalue weighted by Crippen LogP contribution is 2.38. The third-order valence-electron chi connectivity index (χ3n) is 3.84. The Bertz CT molecular complexity index is 155. The highest BCUT2D eigenvalue weighted by molar-refractivity contribution is 4.86. The largest absolute Gasteiger partial charge is 0.306 e. The first-order valence-corrected chi connectivity index (χ1v) is 6.46. The van der Waals surface area contributed by atoms with Crippen LogP contribution in [-0.4, -0.2) is 25.0 Å². The molecule has 14 heavy (non-hydrogen) atoms. The molecule has 1 aliphatic heterocycles. The molecule has 2 aliphatic rings. The maximum Gasteiger partial charge on any atom is 0.000948 e. The molecule has 0 aromatic carbocycles. The second-order valence-electron chi connectivity index (χ2n) is 4.91. The van der Waals surface area contributed by atoms with E-state index in [-0.39, 0.29) is 0 Å². The Morgan fingerprint density at radius 1 is 1.00 bits per heavy atom. The van der Waals surface area contributed by atoms with E-state index in [1.807, 2.05) is 13.8 Å². The molecule has 2 rings (SSSR count). The summed E-state index contributed by atoms with van der Waals surface area (Å²) in [5.74, 6) is 3.05. The lowest BCUT2D eigenvalue weighted by Crippen LogP contribution is -2.44. The normalized spacial score (nSPS) is 38.1. The van der Waals surface area contributed by atoms with Crippen LogP contribution in [0.2, 0.25) is 0 Å². The lowest BCUT2D eigenvalue weighted by atomic mass is 9.70. The van der Waals surface area contributed by atoms with E-state index >= 15 is 0 Å². The van der Waals surface area contributed by atoms with Crippen LogP contribution in [-0.2, 0) is 0 Å². The average Bonchev–Trinajstić information content (AvgIpc) is 2.20. The molecular weight excluding hydrogens is 170 g/mol. The average molecular weight is 197 g/mol. The molecule has 84 valence electrons. The van der Waals surface area contributed by atoms with Crippen molar-refractivity contribution in [3.05, 3.63) is 0 Å². The maximum absolute atomic E-state index is 2.52. The molecule has 0 bridgehead atoms. The third-order valence-corrected chi connectivity index (χ3v) is 3.84. The van der Waals surface area contributed by atoms with Gasteiger partial charge in [-0.2, -0.15) is 0 Å². The topological polar surface area (TPSA) is 3.24 Å². The smallest absolute Gasteiger partial charge is 0.000948 e. The zero-order valence-corrected chi connectivity index (χ0v) is 10.4. The first-order chi connectivity index (χ1) is 6.77. The Hall–Kier alpha value is -0.0400. The van der Waals surface area contributed by atoms with Crippen LogP contribution in [0.5, 0.6) is 0 Å². The van der Waals surface area contributed by atoms with Crippen LogP contribution in [0.15, 0.2) is 0 Å². The molecule has 1 nitrogen and oxygen atoms in total. The van der Waals surface area contributed by atoms with Gasteiger partial charge in [0.15, 0.2) is 0 Å². The summed E-state index contributed by atoms with van der Waals surface area (Å²) in [5, 5.41) is 0. The van der Waals surface area contributed by atoms with Crippen molar-refractivity contribution in [2.75, 3.05) is 20.1 Å². The van der Waals surface area contributed by atoms with Crippen molar-refractivity contribution >= 4 is 0 Å². The van der Waals surface area contributed by atoms with Crippen molar-refractivity contribution in [2.45, 2.75) is 46.5 Å². The number of likely N-dealkylation sites (tertiary alicyclic amines) is 1. The van der Waals surface area contributed by atoms with E-state index in [1.54, 1.807) is 0 Å². The minimum Gasteiger partial charge on any atom is -0.306 e. The quantitative estimate of drug-likeness (QED) is 0.575. The van der Waals surface area contributed by atoms with Gasteiger partial charge in [-0.25, -0.2) is 0 Å². The predicted octanol–water partition coefficient (Wildman–Crippen LogP) is 3.40. The van der Waals surface area contributed by atoms with Crippen molar-refractivity contribution in [3.8, 4) is 0 Å². The van der Waals surface area contributed by atoms with Gasteiger partial charge in [0.25, 0.3) is 0 Å². The molecule has 1 saturated carbocycles. The van der Waals surface area contributed by atoms with Crippen molar-refractivity contribution < 1.29 is 0 Å². The monoisotopic (exact) mass is 197 g/mol. The van der Waals surface area contributed by atoms with E-state index in [9.17, 15) is 0 Å². The van der Waals surface area contributed by atoms with E-state index in [1.165, 1.54) is 38.8 Å². The zero-order valence-electron chi connectivity index (χ0n) is 10.4. The van der Waals surface area contributed by atoms with Gasteiger partial charge in [-0.1, -0.05) is 33.6 Å². The van der Waals surface area contributed by atoms with Crippen LogP contribution in [0.1, 0.15) is 46.5 Å². The molecule has 3 unspecified atom stereocenters. The lowest BCUT2D eigenvalue weighted by Gasteiger charge is -2.44. The zero-order chi connectivity index (χ0) is 10.6. The summed E-state index contributed by atoms with van der Waals surface area (Å²) in [4.78, 5) is 2.52. The van der Waals surface area contributed by atoms with Gasteiger partial charge in [0.1, 0.15) is 0 Å². The number of fused-ring (bicyclic) bond motifs is 1. The Kier molecular flexibility index (Phi) is 4.94. The molecule has 0 N–H and O–H groups in total. The van der Waals surface area contributed by atoms with Crippen LogP contribution in [0.4, 0.5) is 0 Å². The van der Waals surface area contributed by atoms with E-state index < -0.39 is 0 Å². The highest BCUT2D eigenvalue weighted by atomic mass is 15.1. The fourth-order valence-corrected chi connectivity index (χ4v) is 3.31. The first-order valence-electron chi connectivity index (χ1n) is 6.46. The second kappa shape index (κ2) is 5.75. The Labute approximate surface area is 89.9 Å². The van der Waals surface area contributed by atoms with Gasteiger partial charge in [0, 0.05) is 13.1 Å². The minimum atomic E-state index is 0.953. The molecule has 0 aromatic rings. The summed E-state index contributed by atoms with van der Waals surface area (Å²) in [6, 6.07) is 0. The van der Waals surface area contributed by atoms with Gasteiger partial charge < -0.3 is 4.90 Å². The summed E-state index contributed by atoms with van der Waals surface area (Å²) >= 11 is 0. The molecule has 3 atom stereocenters. The Morgan fingerprint density at radius 3 is 2.36 bits per heavy atom. The number of nitrogens with zero attached hydrogens (tertiary/aromatic N) is 1. The van der Waals surface area contributed by atoms with Gasteiger partial charge in [0.2, 0.25) is 0 Å². The highest BCUT2D eigenvalue weighted by Gasteiger charge is 2.34. The van der Waals surface area contributed by atoms with E-state index in [4.69, 9.17) is 0 Å². The molecule has 0 spiro atoms. The summed E-state index contributed by atoms with van der Waals surface area (Å²) in [7, 11) is 2.28. The molecule has 1 heteroatoms. The van der Waals surface area contributed by atoms with Gasteiger partial charge in [-0.3, -0.25) is 0 Å². The fourth-order valence-electron chi connectivity index (χ4n) is 3.31.